The molecule has 0 unspecified atom stereocenters. The number of fused-ring (bicyclic) bond motifs is 5. The second kappa shape index (κ2) is 7.56. The van der Waals surface area contributed by atoms with Gasteiger partial charge in [-0.3, -0.25) is 0 Å². The first-order chi connectivity index (χ1) is 16.3. The lowest BCUT2D eigenvalue weighted by atomic mass is 9.85. The van der Waals surface area contributed by atoms with Crippen LogP contribution in [0.1, 0.15) is 50.3 Å². The Kier molecular flexibility index (Phi) is 4.71. The molecular formula is C32H32NO+. The van der Waals surface area contributed by atoms with Crippen molar-refractivity contribution in [3.05, 3.63) is 77.5 Å². The fraction of sp³-hybridized carbons (Fsp3) is 0.281. The molecule has 0 spiro atoms. The number of nitrogens with zero attached hydrogens (tertiary/aromatic N) is 1. The summed E-state index contributed by atoms with van der Waals surface area (Å²) in [7, 11) is 2.16. The van der Waals surface area contributed by atoms with Crippen molar-refractivity contribution in [1.29, 1.82) is 0 Å². The number of rotatable bonds is 3. The maximum atomic E-state index is 7.03. The Morgan fingerprint density at radius 3 is 2.32 bits per heavy atom. The normalized spacial score (nSPS) is 12.7. The Balaban J connectivity index is 1.79. The number of pyridine rings is 1. The summed E-state index contributed by atoms with van der Waals surface area (Å²) in [6.45, 7) is 11.3. The van der Waals surface area contributed by atoms with Gasteiger partial charge in [0.15, 0.2) is 6.20 Å². The largest absolute Gasteiger partial charge is 0.455 e. The summed E-state index contributed by atoms with van der Waals surface area (Å²) < 4.78 is 9.31. The van der Waals surface area contributed by atoms with Crippen molar-refractivity contribution in [3.63, 3.8) is 0 Å². The summed E-state index contributed by atoms with van der Waals surface area (Å²) in [4.78, 5) is 0. The number of hydrogen-bond donors (Lipinski definition) is 0. The zero-order chi connectivity index (χ0) is 23.7. The highest BCUT2D eigenvalue weighted by atomic mass is 16.5. The van der Waals surface area contributed by atoms with Crippen molar-refractivity contribution in [1.82, 2.24) is 0 Å². The molecule has 4 aromatic carbocycles. The Morgan fingerprint density at radius 1 is 0.824 bits per heavy atom. The lowest BCUT2D eigenvalue weighted by molar-refractivity contribution is -0.659. The third-order valence-electron chi connectivity index (χ3n) is 7.47. The molecule has 2 nitrogen and oxygen atoms in total. The van der Waals surface area contributed by atoms with Gasteiger partial charge in [-0.15, -0.1) is 0 Å². The van der Waals surface area contributed by atoms with Crippen LogP contribution in [-0.4, -0.2) is 0 Å². The van der Waals surface area contributed by atoms with Gasteiger partial charge in [0.25, 0.3) is 0 Å². The summed E-state index contributed by atoms with van der Waals surface area (Å²) in [6.07, 6.45) is 3.19. The molecule has 2 heterocycles. The average Bonchev–Trinajstić information content (AvgIpc) is 2.82. The van der Waals surface area contributed by atoms with Crippen LogP contribution < -0.4 is 9.30 Å². The summed E-state index contributed by atoms with van der Waals surface area (Å²) in [6, 6.07) is 20.2. The van der Waals surface area contributed by atoms with Crippen LogP contribution in [0, 0.1) is 12.8 Å². The van der Waals surface area contributed by atoms with Crippen molar-refractivity contribution < 1.29 is 9.30 Å². The van der Waals surface area contributed by atoms with Gasteiger partial charge >= 0.3 is 0 Å². The first kappa shape index (κ1) is 21.2. The molecule has 1 aliphatic heterocycles. The Labute approximate surface area is 201 Å². The third-order valence-corrected chi connectivity index (χ3v) is 7.47. The lowest BCUT2D eigenvalue weighted by Crippen LogP contribution is -2.32. The molecule has 1 aliphatic rings. The Hall–Kier alpha value is -3.39. The van der Waals surface area contributed by atoms with Crippen LogP contribution in [0.5, 0.6) is 11.5 Å². The number of ether oxygens (including phenoxy) is 1. The van der Waals surface area contributed by atoms with Crippen molar-refractivity contribution in [2.45, 2.75) is 47.0 Å². The van der Waals surface area contributed by atoms with Crippen LogP contribution in [0.25, 0.3) is 43.6 Å². The fourth-order valence-corrected chi connectivity index (χ4v) is 5.76. The van der Waals surface area contributed by atoms with E-state index in [0.29, 0.717) is 11.8 Å². The quantitative estimate of drug-likeness (QED) is 0.196. The smallest absolute Gasteiger partial charge is 0.228 e. The van der Waals surface area contributed by atoms with E-state index in [1.54, 1.807) is 0 Å². The number of aromatic nitrogens is 1. The highest BCUT2D eigenvalue weighted by molar-refractivity contribution is 6.13. The van der Waals surface area contributed by atoms with E-state index in [9.17, 15) is 0 Å². The molecule has 0 fully saturated rings. The maximum absolute atomic E-state index is 7.03. The number of benzene rings is 4. The first-order valence-electron chi connectivity index (χ1n) is 12.5. The highest BCUT2D eigenvalue weighted by Crippen LogP contribution is 2.53. The standard InChI is InChI=1S/C32H32NO/c1-18(2)15-27-26-10-8-7-9-24(26)20(5)28-30-29-22(13-14-33(30)6)17-23-16-21(19(3)4)11-12-25(23)31(29)34-32(27)28/h7-14,16-19H,15H2,1-6H3/q+1. The van der Waals surface area contributed by atoms with Crippen LogP contribution in [-0.2, 0) is 13.5 Å². The molecule has 0 amide bonds. The molecule has 34 heavy (non-hydrogen) atoms. The second-order valence-corrected chi connectivity index (χ2v) is 10.6. The molecule has 0 bridgehead atoms. The molecule has 0 saturated heterocycles. The molecular weight excluding hydrogens is 414 g/mol. The van der Waals surface area contributed by atoms with Gasteiger partial charge in [-0.1, -0.05) is 70.2 Å². The van der Waals surface area contributed by atoms with E-state index in [4.69, 9.17) is 4.74 Å². The van der Waals surface area contributed by atoms with Crippen molar-refractivity contribution in [3.8, 4) is 22.8 Å². The van der Waals surface area contributed by atoms with E-state index in [1.807, 2.05) is 0 Å². The molecule has 0 saturated carbocycles. The van der Waals surface area contributed by atoms with Gasteiger partial charge < -0.3 is 4.74 Å². The zero-order valence-electron chi connectivity index (χ0n) is 21.0. The van der Waals surface area contributed by atoms with Crippen molar-refractivity contribution in [2.75, 3.05) is 0 Å². The Morgan fingerprint density at radius 2 is 1.59 bits per heavy atom. The van der Waals surface area contributed by atoms with Gasteiger partial charge in [0.1, 0.15) is 18.5 Å². The number of aryl methyl sites for hydroxylation is 2. The summed E-state index contributed by atoms with van der Waals surface area (Å²) in [5.74, 6) is 3.07. The predicted octanol–water partition coefficient (Wildman–Crippen LogP) is 8.37. The summed E-state index contributed by atoms with van der Waals surface area (Å²) in [5, 5.41) is 7.53. The molecule has 2 heteroatoms. The molecule has 1 aromatic heterocycles. The van der Waals surface area contributed by atoms with Crippen LogP contribution in [0.2, 0.25) is 0 Å². The van der Waals surface area contributed by atoms with Crippen molar-refractivity contribution in [2.24, 2.45) is 13.0 Å². The van der Waals surface area contributed by atoms with Crippen molar-refractivity contribution >= 4 is 32.3 Å². The topological polar surface area (TPSA) is 13.1 Å². The maximum Gasteiger partial charge on any atom is 0.228 e. The van der Waals surface area contributed by atoms with E-state index in [2.05, 4.69) is 107 Å². The SMILES string of the molecule is Cc1c2c(c(CC(C)C)c3ccccc13)Oc1c3ccc(C(C)C)cc3cc3cc[n+](C)c-2c13. The van der Waals surface area contributed by atoms with Crippen LogP contribution in [0.15, 0.2) is 60.8 Å². The second-order valence-electron chi connectivity index (χ2n) is 10.6. The van der Waals surface area contributed by atoms with E-state index >= 15 is 0 Å². The van der Waals surface area contributed by atoms with Gasteiger partial charge in [0, 0.05) is 17.0 Å². The molecule has 0 radical (unpaired) electrons. The van der Waals surface area contributed by atoms with E-state index in [-0.39, 0.29) is 0 Å². The minimum Gasteiger partial charge on any atom is -0.455 e. The predicted molar refractivity (Wildman–Crippen MR) is 143 cm³/mol. The molecule has 0 N–H and O–H groups in total. The minimum atomic E-state index is 0.494. The molecule has 6 rings (SSSR count). The molecule has 170 valence electrons. The first-order valence-corrected chi connectivity index (χ1v) is 12.5. The Bertz CT molecular complexity index is 1620. The van der Waals surface area contributed by atoms with Gasteiger partial charge in [-0.05, 0) is 63.9 Å². The average molecular weight is 447 g/mol. The van der Waals surface area contributed by atoms with E-state index in [0.717, 1.165) is 17.9 Å². The zero-order valence-corrected chi connectivity index (χ0v) is 21.0. The van der Waals surface area contributed by atoms with Gasteiger partial charge in [0.05, 0.1) is 10.9 Å². The summed E-state index contributed by atoms with van der Waals surface area (Å²) >= 11 is 0. The monoisotopic (exact) mass is 446 g/mol. The van der Waals surface area contributed by atoms with Crippen LogP contribution in [0.4, 0.5) is 0 Å². The van der Waals surface area contributed by atoms with Gasteiger partial charge in [0.2, 0.25) is 5.69 Å². The molecule has 0 aliphatic carbocycles. The highest BCUT2D eigenvalue weighted by Gasteiger charge is 2.33. The number of hydrogen-bond acceptors (Lipinski definition) is 1. The van der Waals surface area contributed by atoms with E-state index < -0.39 is 0 Å². The summed E-state index contributed by atoms with van der Waals surface area (Å²) in [5.41, 5.74) is 6.48. The van der Waals surface area contributed by atoms with E-state index in [1.165, 1.54) is 60.3 Å². The van der Waals surface area contributed by atoms with Crippen LogP contribution in [0.3, 0.4) is 0 Å². The molecule has 0 atom stereocenters. The van der Waals surface area contributed by atoms with Gasteiger partial charge in [-0.2, -0.15) is 0 Å². The third kappa shape index (κ3) is 2.98. The van der Waals surface area contributed by atoms with Crippen LogP contribution >= 0.6 is 0 Å². The van der Waals surface area contributed by atoms with Gasteiger partial charge in [-0.25, -0.2) is 4.57 Å². The lowest BCUT2D eigenvalue weighted by Gasteiger charge is -2.26. The molecule has 5 aromatic rings. The minimum absolute atomic E-state index is 0.494. The fourth-order valence-electron chi connectivity index (χ4n) is 5.76.